The largest absolute Gasteiger partial charge is 0.464 e. The van der Waals surface area contributed by atoms with E-state index < -0.39 is 5.54 Å². The van der Waals surface area contributed by atoms with Gasteiger partial charge < -0.3 is 9.47 Å². The maximum atomic E-state index is 12.1. The van der Waals surface area contributed by atoms with Crippen LogP contribution in [0.25, 0.3) is 0 Å². The zero-order valence-electron chi connectivity index (χ0n) is 9.99. The first kappa shape index (κ1) is 11.6. The van der Waals surface area contributed by atoms with Gasteiger partial charge in [0.25, 0.3) is 0 Å². The fourth-order valence-electron chi connectivity index (χ4n) is 2.82. The van der Waals surface area contributed by atoms with Crippen molar-refractivity contribution in [1.82, 2.24) is 4.90 Å². The fourth-order valence-corrected chi connectivity index (χ4v) is 2.82. The molecule has 0 aliphatic carbocycles. The van der Waals surface area contributed by atoms with E-state index in [9.17, 15) is 4.79 Å². The minimum atomic E-state index is -0.601. The summed E-state index contributed by atoms with van der Waals surface area (Å²) in [5.41, 5.74) is 0.377. The first-order valence-corrected chi connectivity index (χ1v) is 5.78. The van der Waals surface area contributed by atoms with Crippen molar-refractivity contribution in [2.75, 3.05) is 26.8 Å². The zero-order valence-corrected chi connectivity index (χ0v) is 9.99. The van der Waals surface area contributed by atoms with Gasteiger partial charge in [0.05, 0.1) is 12.7 Å². The Kier molecular flexibility index (Phi) is 3.04. The van der Waals surface area contributed by atoms with Crippen molar-refractivity contribution in [1.29, 1.82) is 0 Å². The Morgan fingerprint density at radius 1 is 1.69 bits per heavy atom. The monoisotopic (exact) mass is 225 g/mol. The molecule has 0 saturated carbocycles. The number of ether oxygens (including phenoxy) is 2. The summed E-state index contributed by atoms with van der Waals surface area (Å²) < 4.78 is 10.6. The Bertz CT molecular complexity index is 315. The molecular weight excluding hydrogens is 206 g/mol. The summed E-state index contributed by atoms with van der Waals surface area (Å²) in [5, 5.41) is 0. The van der Waals surface area contributed by atoms with Gasteiger partial charge in [0.2, 0.25) is 0 Å². The SMILES string of the molecule is C=C1CCN2C[C@H](OC)CC12C(=O)OCC. The van der Waals surface area contributed by atoms with Crippen LogP contribution in [0.5, 0.6) is 0 Å². The number of esters is 1. The molecule has 0 radical (unpaired) electrons. The normalized spacial score (nSPS) is 34.1. The number of carbonyl (C=O) groups excluding carboxylic acids is 1. The molecule has 0 N–H and O–H groups in total. The van der Waals surface area contributed by atoms with Gasteiger partial charge in [-0.2, -0.15) is 0 Å². The molecule has 2 heterocycles. The Balaban J connectivity index is 2.25. The number of nitrogens with zero attached hydrogens (tertiary/aromatic N) is 1. The summed E-state index contributed by atoms with van der Waals surface area (Å²) in [4.78, 5) is 14.3. The molecule has 90 valence electrons. The standard InChI is InChI=1S/C12H19NO3/c1-4-16-11(14)12-7-10(15-3)8-13(12)6-5-9(12)2/h10H,2,4-8H2,1,3H3/t10-,12?/m1/s1. The topological polar surface area (TPSA) is 38.8 Å². The molecule has 2 aliphatic heterocycles. The Morgan fingerprint density at radius 3 is 3.06 bits per heavy atom. The molecule has 0 aromatic heterocycles. The van der Waals surface area contributed by atoms with Gasteiger partial charge in [-0.25, -0.2) is 4.79 Å². The average Bonchev–Trinajstić information content (AvgIpc) is 2.78. The van der Waals surface area contributed by atoms with E-state index in [1.807, 2.05) is 6.92 Å². The second-order valence-electron chi connectivity index (χ2n) is 4.44. The molecule has 4 nitrogen and oxygen atoms in total. The van der Waals surface area contributed by atoms with Crippen molar-refractivity contribution < 1.29 is 14.3 Å². The van der Waals surface area contributed by atoms with Crippen molar-refractivity contribution in [2.45, 2.75) is 31.4 Å². The van der Waals surface area contributed by atoms with Crippen molar-refractivity contribution in [3.05, 3.63) is 12.2 Å². The molecule has 1 unspecified atom stereocenters. The molecule has 0 bridgehead atoms. The molecule has 0 spiro atoms. The highest BCUT2D eigenvalue weighted by Crippen LogP contribution is 2.43. The first-order chi connectivity index (χ1) is 7.65. The van der Waals surface area contributed by atoms with E-state index >= 15 is 0 Å². The zero-order chi connectivity index (χ0) is 11.8. The van der Waals surface area contributed by atoms with Crippen molar-refractivity contribution in [3.8, 4) is 0 Å². The molecule has 16 heavy (non-hydrogen) atoms. The van der Waals surface area contributed by atoms with Gasteiger partial charge in [-0.15, -0.1) is 0 Å². The number of rotatable bonds is 3. The highest BCUT2D eigenvalue weighted by molar-refractivity contribution is 5.86. The van der Waals surface area contributed by atoms with Gasteiger partial charge >= 0.3 is 5.97 Å². The summed E-state index contributed by atoms with van der Waals surface area (Å²) in [6, 6.07) is 0. The van der Waals surface area contributed by atoms with E-state index in [0.717, 1.165) is 25.1 Å². The lowest BCUT2D eigenvalue weighted by Gasteiger charge is -2.29. The van der Waals surface area contributed by atoms with Crippen LogP contribution in [-0.4, -0.2) is 49.3 Å². The first-order valence-electron chi connectivity index (χ1n) is 5.78. The Morgan fingerprint density at radius 2 is 2.44 bits per heavy atom. The maximum absolute atomic E-state index is 12.1. The highest BCUT2D eigenvalue weighted by Gasteiger charge is 2.57. The summed E-state index contributed by atoms with van der Waals surface area (Å²) in [6.45, 7) is 7.98. The number of methoxy groups -OCH3 is 1. The third kappa shape index (κ3) is 1.48. The van der Waals surface area contributed by atoms with E-state index in [-0.39, 0.29) is 12.1 Å². The number of carbonyl (C=O) groups is 1. The lowest BCUT2D eigenvalue weighted by atomic mass is 9.89. The van der Waals surface area contributed by atoms with Crippen LogP contribution in [0, 0.1) is 0 Å². The second-order valence-corrected chi connectivity index (χ2v) is 4.44. The van der Waals surface area contributed by atoms with Gasteiger partial charge in [-0.05, 0) is 18.9 Å². The van der Waals surface area contributed by atoms with Crippen LogP contribution in [-0.2, 0) is 14.3 Å². The van der Waals surface area contributed by atoms with Crippen molar-refractivity contribution in [2.24, 2.45) is 0 Å². The molecule has 0 aromatic carbocycles. The van der Waals surface area contributed by atoms with E-state index in [4.69, 9.17) is 9.47 Å². The smallest absolute Gasteiger partial charge is 0.330 e. The third-order valence-corrected chi connectivity index (χ3v) is 3.70. The van der Waals surface area contributed by atoms with Crippen LogP contribution >= 0.6 is 0 Å². The molecule has 0 aromatic rings. The highest BCUT2D eigenvalue weighted by atomic mass is 16.5. The van der Waals surface area contributed by atoms with Gasteiger partial charge in [-0.3, -0.25) is 4.90 Å². The third-order valence-electron chi connectivity index (χ3n) is 3.70. The van der Waals surface area contributed by atoms with Gasteiger partial charge in [-0.1, -0.05) is 6.58 Å². The van der Waals surface area contributed by atoms with E-state index in [0.29, 0.717) is 13.0 Å². The lowest BCUT2D eigenvalue weighted by molar-refractivity contribution is -0.152. The summed E-state index contributed by atoms with van der Waals surface area (Å²) in [7, 11) is 1.69. The van der Waals surface area contributed by atoms with Gasteiger partial charge in [0, 0.05) is 26.6 Å². The van der Waals surface area contributed by atoms with Crippen LogP contribution < -0.4 is 0 Å². The molecule has 2 fully saturated rings. The predicted octanol–water partition coefficient (Wildman–Crippen LogP) is 0.969. The number of hydrogen-bond acceptors (Lipinski definition) is 4. The molecular formula is C12H19NO3. The Hall–Kier alpha value is -0.870. The van der Waals surface area contributed by atoms with Gasteiger partial charge in [0.15, 0.2) is 0 Å². The van der Waals surface area contributed by atoms with E-state index in [1.165, 1.54) is 0 Å². The predicted molar refractivity (Wildman–Crippen MR) is 60.1 cm³/mol. The summed E-state index contributed by atoms with van der Waals surface area (Å²) in [5.74, 6) is -0.156. The van der Waals surface area contributed by atoms with Crippen LogP contribution in [0.2, 0.25) is 0 Å². The van der Waals surface area contributed by atoms with E-state index in [1.54, 1.807) is 7.11 Å². The molecule has 2 aliphatic rings. The van der Waals surface area contributed by atoms with Crippen molar-refractivity contribution in [3.63, 3.8) is 0 Å². The molecule has 4 heteroatoms. The minimum Gasteiger partial charge on any atom is -0.464 e. The molecule has 2 rings (SSSR count). The molecule has 0 amide bonds. The van der Waals surface area contributed by atoms with Crippen LogP contribution in [0.3, 0.4) is 0 Å². The van der Waals surface area contributed by atoms with Crippen LogP contribution in [0.4, 0.5) is 0 Å². The van der Waals surface area contributed by atoms with Crippen LogP contribution in [0.1, 0.15) is 19.8 Å². The minimum absolute atomic E-state index is 0.112. The number of fused-ring (bicyclic) bond motifs is 1. The van der Waals surface area contributed by atoms with Crippen LogP contribution in [0.15, 0.2) is 12.2 Å². The lowest BCUT2D eigenvalue weighted by Crippen LogP contribution is -2.47. The summed E-state index contributed by atoms with van der Waals surface area (Å²) in [6.07, 6.45) is 1.68. The maximum Gasteiger partial charge on any atom is 0.330 e. The molecule has 2 atom stereocenters. The summed E-state index contributed by atoms with van der Waals surface area (Å²) >= 11 is 0. The van der Waals surface area contributed by atoms with Gasteiger partial charge in [0.1, 0.15) is 5.54 Å². The van der Waals surface area contributed by atoms with Crippen molar-refractivity contribution >= 4 is 5.97 Å². The molecule has 2 saturated heterocycles. The Labute approximate surface area is 96.2 Å². The quantitative estimate of drug-likeness (QED) is 0.530. The van der Waals surface area contributed by atoms with E-state index in [2.05, 4.69) is 11.5 Å². The number of hydrogen-bond donors (Lipinski definition) is 0. The second kappa shape index (κ2) is 4.18. The fraction of sp³-hybridized carbons (Fsp3) is 0.750. The average molecular weight is 225 g/mol.